The van der Waals surface area contributed by atoms with Crippen LogP contribution in [0.1, 0.15) is 5.56 Å². The van der Waals surface area contributed by atoms with Crippen molar-refractivity contribution in [3.05, 3.63) is 30.1 Å². The molecule has 0 aliphatic rings. The molecule has 0 aliphatic heterocycles. The summed E-state index contributed by atoms with van der Waals surface area (Å²) in [5.74, 6) is -0.429. The van der Waals surface area contributed by atoms with E-state index in [2.05, 4.69) is 10.3 Å². The molecule has 1 aromatic carbocycles. The number of amides is 1. The summed E-state index contributed by atoms with van der Waals surface area (Å²) in [6.45, 7) is 0.403. The number of nitrogens with two attached hydrogens (primary N) is 1. The van der Waals surface area contributed by atoms with E-state index in [0.29, 0.717) is 13.0 Å². The van der Waals surface area contributed by atoms with Crippen molar-refractivity contribution in [3.63, 3.8) is 0 Å². The van der Waals surface area contributed by atoms with Crippen LogP contribution in [0.15, 0.2) is 24.5 Å². The molecule has 0 saturated heterocycles. The quantitative estimate of drug-likeness (QED) is 0.680. The van der Waals surface area contributed by atoms with Gasteiger partial charge in [0.1, 0.15) is 6.10 Å². The van der Waals surface area contributed by atoms with Gasteiger partial charge in [-0.05, 0) is 24.1 Å². The fourth-order valence-corrected chi connectivity index (χ4v) is 1.89. The molecule has 0 bridgehead atoms. The summed E-state index contributed by atoms with van der Waals surface area (Å²) in [7, 11) is 1.95. The third-order valence-corrected chi connectivity index (χ3v) is 3.03. The SMILES string of the molecule is Cn1cnc2cc(CCNC(=O)C(O)CN)ccc21. The zero-order chi connectivity index (χ0) is 13.8. The molecule has 0 radical (unpaired) electrons. The van der Waals surface area contributed by atoms with Gasteiger partial charge >= 0.3 is 0 Å². The van der Waals surface area contributed by atoms with E-state index in [-0.39, 0.29) is 6.54 Å². The lowest BCUT2D eigenvalue weighted by molar-refractivity contribution is -0.128. The molecule has 1 aromatic heterocycles. The van der Waals surface area contributed by atoms with E-state index in [0.717, 1.165) is 16.6 Å². The molecule has 102 valence electrons. The number of nitrogens with one attached hydrogen (secondary N) is 1. The summed E-state index contributed by atoms with van der Waals surface area (Å²) >= 11 is 0. The van der Waals surface area contributed by atoms with Crippen molar-refractivity contribution in [2.75, 3.05) is 13.1 Å². The van der Waals surface area contributed by atoms with Crippen LogP contribution in [-0.4, -0.2) is 39.8 Å². The first-order valence-corrected chi connectivity index (χ1v) is 6.17. The molecule has 4 N–H and O–H groups in total. The van der Waals surface area contributed by atoms with E-state index in [1.165, 1.54) is 0 Å². The second-order valence-corrected chi connectivity index (χ2v) is 4.47. The summed E-state index contributed by atoms with van der Waals surface area (Å²) < 4.78 is 1.96. The van der Waals surface area contributed by atoms with E-state index in [9.17, 15) is 9.90 Å². The molecule has 1 amide bonds. The maximum Gasteiger partial charge on any atom is 0.250 e. The van der Waals surface area contributed by atoms with Crippen molar-refractivity contribution in [1.29, 1.82) is 0 Å². The Balaban J connectivity index is 1.93. The molecule has 1 heterocycles. The van der Waals surface area contributed by atoms with Crippen LogP contribution < -0.4 is 11.1 Å². The fraction of sp³-hybridized carbons (Fsp3) is 0.385. The number of carbonyl (C=O) groups excluding carboxylic acids is 1. The van der Waals surface area contributed by atoms with E-state index < -0.39 is 12.0 Å². The molecule has 0 saturated carbocycles. The number of imidazole rings is 1. The predicted molar refractivity (Wildman–Crippen MR) is 72.5 cm³/mol. The fourth-order valence-electron chi connectivity index (χ4n) is 1.89. The number of aromatic nitrogens is 2. The van der Waals surface area contributed by atoms with Crippen LogP contribution in [-0.2, 0) is 18.3 Å². The van der Waals surface area contributed by atoms with Crippen molar-refractivity contribution in [2.24, 2.45) is 12.8 Å². The number of nitrogens with zero attached hydrogens (tertiary/aromatic N) is 2. The lowest BCUT2D eigenvalue weighted by atomic mass is 10.1. The average Bonchev–Trinajstić information content (AvgIpc) is 2.79. The van der Waals surface area contributed by atoms with Gasteiger partial charge in [-0.25, -0.2) is 4.98 Å². The molecule has 0 spiro atoms. The van der Waals surface area contributed by atoms with Gasteiger partial charge in [-0.2, -0.15) is 0 Å². The Morgan fingerprint density at radius 1 is 1.58 bits per heavy atom. The Hall–Kier alpha value is -1.92. The number of carbonyl (C=O) groups is 1. The normalized spacial score (nSPS) is 12.6. The highest BCUT2D eigenvalue weighted by Gasteiger charge is 2.11. The van der Waals surface area contributed by atoms with Gasteiger partial charge in [0.25, 0.3) is 0 Å². The topological polar surface area (TPSA) is 93.2 Å². The van der Waals surface area contributed by atoms with Gasteiger partial charge in [-0.3, -0.25) is 4.79 Å². The number of fused-ring (bicyclic) bond motifs is 1. The van der Waals surface area contributed by atoms with Crippen LogP contribution in [0.2, 0.25) is 0 Å². The van der Waals surface area contributed by atoms with Crippen LogP contribution in [0.3, 0.4) is 0 Å². The highest BCUT2D eigenvalue weighted by atomic mass is 16.3. The molecule has 6 nitrogen and oxygen atoms in total. The largest absolute Gasteiger partial charge is 0.382 e. The molecular weight excluding hydrogens is 244 g/mol. The minimum absolute atomic E-state index is 0.0638. The number of aryl methyl sites for hydroxylation is 1. The van der Waals surface area contributed by atoms with Gasteiger partial charge < -0.3 is 20.7 Å². The van der Waals surface area contributed by atoms with Crippen LogP contribution in [0.4, 0.5) is 0 Å². The molecule has 6 heteroatoms. The highest BCUT2D eigenvalue weighted by Crippen LogP contribution is 2.13. The van der Waals surface area contributed by atoms with Crippen LogP contribution in [0, 0.1) is 0 Å². The lowest BCUT2D eigenvalue weighted by Crippen LogP contribution is -2.39. The van der Waals surface area contributed by atoms with E-state index in [4.69, 9.17) is 5.73 Å². The van der Waals surface area contributed by atoms with E-state index in [1.807, 2.05) is 29.8 Å². The summed E-state index contributed by atoms with van der Waals surface area (Å²) in [5, 5.41) is 11.9. The van der Waals surface area contributed by atoms with Crippen LogP contribution in [0.25, 0.3) is 11.0 Å². The first-order valence-electron chi connectivity index (χ1n) is 6.17. The lowest BCUT2D eigenvalue weighted by Gasteiger charge is -2.09. The number of aliphatic hydroxyl groups is 1. The monoisotopic (exact) mass is 262 g/mol. The molecule has 0 aliphatic carbocycles. The van der Waals surface area contributed by atoms with Gasteiger partial charge in [-0.15, -0.1) is 0 Å². The van der Waals surface area contributed by atoms with Gasteiger partial charge in [0.15, 0.2) is 0 Å². The Morgan fingerprint density at radius 2 is 2.37 bits per heavy atom. The Morgan fingerprint density at radius 3 is 3.11 bits per heavy atom. The zero-order valence-electron chi connectivity index (χ0n) is 10.8. The molecule has 0 fully saturated rings. The second-order valence-electron chi connectivity index (χ2n) is 4.47. The van der Waals surface area contributed by atoms with Gasteiger partial charge in [0.2, 0.25) is 5.91 Å². The van der Waals surface area contributed by atoms with Crippen molar-refractivity contribution < 1.29 is 9.90 Å². The van der Waals surface area contributed by atoms with Gasteiger partial charge in [-0.1, -0.05) is 6.07 Å². The zero-order valence-corrected chi connectivity index (χ0v) is 10.8. The number of hydrogen-bond acceptors (Lipinski definition) is 4. The Bertz CT molecular complexity index is 579. The first-order chi connectivity index (χ1) is 9.11. The maximum absolute atomic E-state index is 11.3. The standard InChI is InChI=1S/C13H18N4O2/c1-17-8-16-10-6-9(2-3-11(10)17)4-5-15-13(19)12(18)7-14/h2-3,6,8,12,18H,4-5,7,14H2,1H3,(H,15,19). The molecule has 2 rings (SSSR count). The summed E-state index contributed by atoms with van der Waals surface area (Å²) in [6.07, 6.45) is 1.34. The molecule has 2 aromatic rings. The number of benzene rings is 1. The maximum atomic E-state index is 11.3. The highest BCUT2D eigenvalue weighted by molar-refractivity contribution is 5.80. The Labute approximate surface area is 111 Å². The average molecular weight is 262 g/mol. The van der Waals surface area contributed by atoms with Crippen LogP contribution in [0.5, 0.6) is 0 Å². The first kappa shape index (κ1) is 13.5. The predicted octanol–water partition coefficient (Wildman–Crippen LogP) is -0.448. The third kappa shape index (κ3) is 3.10. The van der Waals surface area contributed by atoms with Crippen LogP contribution >= 0.6 is 0 Å². The summed E-state index contributed by atoms with van der Waals surface area (Å²) in [6, 6.07) is 6.02. The van der Waals surface area contributed by atoms with E-state index in [1.54, 1.807) is 6.33 Å². The van der Waals surface area contributed by atoms with Crippen molar-refractivity contribution >= 4 is 16.9 Å². The number of rotatable bonds is 5. The summed E-state index contributed by atoms with van der Waals surface area (Å²) in [5.41, 5.74) is 8.30. The summed E-state index contributed by atoms with van der Waals surface area (Å²) in [4.78, 5) is 15.6. The minimum atomic E-state index is -1.13. The number of hydrogen-bond donors (Lipinski definition) is 3. The van der Waals surface area contributed by atoms with Crippen molar-refractivity contribution in [2.45, 2.75) is 12.5 Å². The second kappa shape index (κ2) is 5.81. The molecule has 1 unspecified atom stereocenters. The Kier molecular flexibility index (Phi) is 4.13. The third-order valence-electron chi connectivity index (χ3n) is 3.03. The van der Waals surface area contributed by atoms with Crippen molar-refractivity contribution in [1.82, 2.24) is 14.9 Å². The van der Waals surface area contributed by atoms with Crippen molar-refractivity contribution in [3.8, 4) is 0 Å². The van der Waals surface area contributed by atoms with Gasteiger partial charge in [0, 0.05) is 20.1 Å². The molecule has 19 heavy (non-hydrogen) atoms. The minimum Gasteiger partial charge on any atom is -0.382 e. The van der Waals surface area contributed by atoms with Gasteiger partial charge in [0.05, 0.1) is 17.4 Å². The molecular formula is C13H18N4O2. The smallest absolute Gasteiger partial charge is 0.250 e. The molecule has 1 atom stereocenters. The number of aliphatic hydroxyl groups excluding tert-OH is 1. The van der Waals surface area contributed by atoms with E-state index >= 15 is 0 Å².